The maximum atomic E-state index is 13.2. The number of phenolic OH excluding ortho intramolecular Hbond substituents is 1. The number of carbonyl (C=O) groups excluding carboxylic acids is 1. The number of ether oxygens (including phenoxy) is 1. The van der Waals surface area contributed by atoms with E-state index in [0.29, 0.717) is 23.4 Å². The van der Waals surface area contributed by atoms with Gasteiger partial charge in [0.1, 0.15) is 5.65 Å². The molecule has 0 bridgehead atoms. The first-order chi connectivity index (χ1) is 14.5. The molecule has 0 aliphatic carbocycles. The highest BCUT2D eigenvalue weighted by Crippen LogP contribution is 2.35. The minimum Gasteiger partial charge on any atom is -0.503 e. The molecule has 6 nitrogen and oxygen atoms in total. The zero-order valence-electron chi connectivity index (χ0n) is 16.6. The summed E-state index contributed by atoms with van der Waals surface area (Å²) < 4.78 is 8.95. The summed E-state index contributed by atoms with van der Waals surface area (Å²) in [5.74, 6) is -0.0747. The minimum absolute atomic E-state index is 0.134. The van der Waals surface area contributed by atoms with Gasteiger partial charge < -0.3 is 14.4 Å². The molecule has 0 amide bonds. The molecule has 30 heavy (non-hydrogen) atoms. The monoisotopic (exact) mass is 421 g/mol. The number of aryl methyl sites for hydroxylation is 1. The second-order valence-electron chi connectivity index (χ2n) is 6.83. The standard InChI is InChI=1S/C23H20ClN3O3/c1-4-11-26-17-7-5-6-8-18(17)27-23(26)21(14(2)25-27)19(28)10-9-15-12-16(24)22(29)20(13-15)30-3/h4-10,12-13,29H,1,11H2,2-3H3. The molecule has 152 valence electrons. The van der Waals surface area contributed by atoms with Crippen LogP contribution in [0.2, 0.25) is 5.02 Å². The number of carbonyl (C=O) groups is 1. The second kappa shape index (κ2) is 7.72. The molecule has 0 atom stereocenters. The molecule has 0 spiro atoms. The number of imidazole rings is 1. The van der Waals surface area contributed by atoms with Crippen LogP contribution in [0.5, 0.6) is 11.5 Å². The molecule has 2 aromatic carbocycles. The van der Waals surface area contributed by atoms with Gasteiger partial charge in [-0.15, -0.1) is 6.58 Å². The SMILES string of the molecule is C=CCn1c2ccccc2n2nc(C)c(C(=O)C=Cc3cc(Cl)c(O)c(OC)c3)c12. The van der Waals surface area contributed by atoms with E-state index in [1.807, 2.05) is 35.8 Å². The lowest BCUT2D eigenvalue weighted by Gasteiger charge is -2.06. The average molecular weight is 422 g/mol. The number of aromatic nitrogens is 3. The van der Waals surface area contributed by atoms with Gasteiger partial charge in [0.15, 0.2) is 17.3 Å². The highest BCUT2D eigenvalue weighted by molar-refractivity contribution is 6.32. The Bertz CT molecular complexity index is 1330. The number of hydrogen-bond donors (Lipinski definition) is 1. The Hall–Kier alpha value is -3.51. The Morgan fingerprint density at radius 1 is 1.30 bits per heavy atom. The largest absolute Gasteiger partial charge is 0.503 e. The molecule has 0 radical (unpaired) electrons. The summed E-state index contributed by atoms with van der Waals surface area (Å²) in [4.78, 5) is 13.2. The quantitative estimate of drug-likeness (QED) is 0.269. The van der Waals surface area contributed by atoms with Crippen molar-refractivity contribution in [3.05, 3.63) is 77.0 Å². The summed E-state index contributed by atoms with van der Waals surface area (Å²) in [6.07, 6.45) is 4.91. The number of phenols is 1. The molecular weight excluding hydrogens is 402 g/mol. The Kier molecular flexibility index (Phi) is 5.10. The predicted octanol–water partition coefficient (Wildman–Crippen LogP) is 5.05. The lowest BCUT2D eigenvalue weighted by molar-refractivity contribution is 0.104. The van der Waals surface area contributed by atoms with Crippen molar-refractivity contribution >= 4 is 40.1 Å². The fraction of sp³-hybridized carbons (Fsp3) is 0.130. The van der Waals surface area contributed by atoms with Crippen LogP contribution in [0.1, 0.15) is 21.6 Å². The Balaban J connectivity index is 1.82. The first-order valence-electron chi connectivity index (χ1n) is 9.32. The van der Waals surface area contributed by atoms with Crippen LogP contribution in [0, 0.1) is 6.92 Å². The summed E-state index contributed by atoms with van der Waals surface area (Å²) in [5.41, 5.74) is 4.44. The molecule has 0 aliphatic heterocycles. The number of hydrogen-bond acceptors (Lipinski definition) is 4. The average Bonchev–Trinajstić information content (AvgIpc) is 3.22. The van der Waals surface area contributed by atoms with Gasteiger partial charge in [0.05, 0.1) is 34.4 Å². The van der Waals surface area contributed by atoms with Crippen LogP contribution >= 0.6 is 11.6 Å². The number of aromatic hydroxyl groups is 1. The lowest BCUT2D eigenvalue weighted by atomic mass is 10.1. The third-order valence-corrected chi connectivity index (χ3v) is 5.24. The number of fused-ring (bicyclic) bond motifs is 3. The van der Waals surface area contributed by atoms with E-state index >= 15 is 0 Å². The summed E-state index contributed by atoms with van der Waals surface area (Å²) in [7, 11) is 1.44. The predicted molar refractivity (Wildman–Crippen MR) is 119 cm³/mol. The van der Waals surface area contributed by atoms with E-state index in [1.165, 1.54) is 13.2 Å². The summed E-state index contributed by atoms with van der Waals surface area (Å²) >= 11 is 6.04. The number of allylic oxidation sites excluding steroid dienone is 2. The van der Waals surface area contributed by atoms with E-state index in [2.05, 4.69) is 11.7 Å². The lowest BCUT2D eigenvalue weighted by Crippen LogP contribution is -2.02. The van der Waals surface area contributed by atoms with Crippen molar-refractivity contribution in [3.63, 3.8) is 0 Å². The van der Waals surface area contributed by atoms with Gasteiger partial charge >= 0.3 is 0 Å². The number of rotatable bonds is 6. The fourth-order valence-corrected chi connectivity index (χ4v) is 3.84. The van der Waals surface area contributed by atoms with E-state index in [4.69, 9.17) is 16.3 Å². The number of para-hydroxylation sites is 2. The smallest absolute Gasteiger partial charge is 0.191 e. The molecule has 7 heteroatoms. The Labute approximate surface area is 178 Å². The molecule has 4 rings (SSSR count). The van der Waals surface area contributed by atoms with Crippen molar-refractivity contribution in [2.45, 2.75) is 13.5 Å². The van der Waals surface area contributed by atoms with Crippen LogP contribution in [0.25, 0.3) is 22.8 Å². The summed E-state index contributed by atoms with van der Waals surface area (Å²) in [5, 5.41) is 14.6. The third kappa shape index (κ3) is 3.15. The van der Waals surface area contributed by atoms with E-state index in [0.717, 1.165) is 16.7 Å². The van der Waals surface area contributed by atoms with E-state index in [-0.39, 0.29) is 22.3 Å². The Morgan fingerprint density at radius 2 is 2.03 bits per heavy atom. The molecule has 0 aliphatic rings. The van der Waals surface area contributed by atoms with Gasteiger partial charge in [0.2, 0.25) is 0 Å². The van der Waals surface area contributed by atoms with Crippen LogP contribution in [-0.2, 0) is 6.54 Å². The van der Waals surface area contributed by atoms with Gasteiger partial charge in [0.25, 0.3) is 0 Å². The molecule has 2 heterocycles. The normalized spacial score (nSPS) is 11.6. The van der Waals surface area contributed by atoms with Crippen molar-refractivity contribution in [2.75, 3.05) is 7.11 Å². The van der Waals surface area contributed by atoms with Crippen molar-refractivity contribution in [1.29, 1.82) is 0 Å². The number of benzene rings is 2. The zero-order valence-corrected chi connectivity index (χ0v) is 17.3. The van der Waals surface area contributed by atoms with E-state index in [1.54, 1.807) is 28.8 Å². The van der Waals surface area contributed by atoms with E-state index < -0.39 is 0 Å². The zero-order chi connectivity index (χ0) is 21.4. The van der Waals surface area contributed by atoms with Crippen molar-refractivity contribution in [3.8, 4) is 11.5 Å². The molecular formula is C23H20ClN3O3. The molecule has 0 fully saturated rings. The van der Waals surface area contributed by atoms with Gasteiger partial charge in [0, 0.05) is 6.54 Å². The third-order valence-electron chi connectivity index (χ3n) is 4.95. The molecule has 0 saturated heterocycles. The van der Waals surface area contributed by atoms with Gasteiger partial charge in [-0.2, -0.15) is 5.10 Å². The first kappa shape index (κ1) is 19.8. The molecule has 2 aromatic heterocycles. The summed E-state index contributed by atoms with van der Waals surface area (Å²) in [6.45, 7) is 6.22. The molecule has 1 N–H and O–H groups in total. The maximum absolute atomic E-state index is 13.2. The van der Waals surface area contributed by atoms with Crippen molar-refractivity contribution in [2.24, 2.45) is 0 Å². The van der Waals surface area contributed by atoms with Gasteiger partial charge in [-0.05, 0) is 42.8 Å². The molecule has 4 aromatic rings. The molecule has 0 unspecified atom stereocenters. The fourth-order valence-electron chi connectivity index (χ4n) is 3.62. The van der Waals surface area contributed by atoms with Crippen molar-refractivity contribution in [1.82, 2.24) is 14.2 Å². The maximum Gasteiger partial charge on any atom is 0.191 e. The minimum atomic E-state index is -0.182. The second-order valence-corrected chi connectivity index (χ2v) is 7.24. The first-order valence-corrected chi connectivity index (χ1v) is 9.70. The van der Waals surface area contributed by atoms with Gasteiger partial charge in [-0.3, -0.25) is 4.79 Å². The number of nitrogens with zero attached hydrogens (tertiary/aromatic N) is 3. The van der Waals surface area contributed by atoms with Gasteiger partial charge in [-0.1, -0.05) is 35.9 Å². The van der Waals surface area contributed by atoms with Crippen LogP contribution in [0.15, 0.2) is 55.1 Å². The number of ketones is 1. The van der Waals surface area contributed by atoms with Crippen LogP contribution in [0.4, 0.5) is 0 Å². The number of methoxy groups -OCH3 is 1. The van der Waals surface area contributed by atoms with Crippen LogP contribution in [-0.4, -0.2) is 32.2 Å². The number of halogens is 1. The highest BCUT2D eigenvalue weighted by Gasteiger charge is 2.21. The van der Waals surface area contributed by atoms with E-state index in [9.17, 15) is 9.90 Å². The highest BCUT2D eigenvalue weighted by atomic mass is 35.5. The topological polar surface area (TPSA) is 68.8 Å². The molecule has 0 saturated carbocycles. The van der Waals surface area contributed by atoms with Crippen molar-refractivity contribution < 1.29 is 14.6 Å². The summed E-state index contributed by atoms with van der Waals surface area (Å²) in [6, 6.07) is 11.1. The van der Waals surface area contributed by atoms with Gasteiger partial charge in [-0.25, -0.2) is 4.52 Å². The van der Waals surface area contributed by atoms with Crippen LogP contribution in [0.3, 0.4) is 0 Å². The van der Waals surface area contributed by atoms with Crippen LogP contribution < -0.4 is 4.74 Å². The Morgan fingerprint density at radius 3 is 2.73 bits per heavy atom.